The summed E-state index contributed by atoms with van der Waals surface area (Å²) >= 11 is 0. The number of nitrogens with zero attached hydrogens (tertiary/aromatic N) is 1. The lowest BCUT2D eigenvalue weighted by Gasteiger charge is -2.08. The zero-order valence-corrected chi connectivity index (χ0v) is 10.1. The summed E-state index contributed by atoms with van der Waals surface area (Å²) in [6.07, 6.45) is 7.41. The molecule has 0 bridgehead atoms. The maximum Gasteiger partial charge on any atom is 0.123 e. The maximum absolute atomic E-state index is 13.0. The van der Waals surface area contributed by atoms with Gasteiger partial charge in [-0.05, 0) is 42.2 Å². The third-order valence-corrected chi connectivity index (χ3v) is 2.68. The summed E-state index contributed by atoms with van der Waals surface area (Å²) in [5, 5.41) is 0. The van der Waals surface area contributed by atoms with E-state index in [-0.39, 0.29) is 5.82 Å². The highest BCUT2D eigenvalue weighted by atomic mass is 19.1. The van der Waals surface area contributed by atoms with Crippen LogP contribution < -0.4 is 0 Å². The van der Waals surface area contributed by atoms with Gasteiger partial charge in [0.05, 0.1) is 0 Å². The van der Waals surface area contributed by atoms with E-state index >= 15 is 0 Å². The Kier molecular flexibility index (Phi) is 4.24. The smallest absolute Gasteiger partial charge is 0.123 e. The van der Waals surface area contributed by atoms with Crippen molar-refractivity contribution >= 4 is 5.57 Å². The fraction of sp³-hybridized carbons (Fsp3) is 0.125. The van der Waals surface area contributed by atoms with Crippen LogP contribution in [0, 0.1) is 12.7 Å². The van der Waals surface area contributed by atoms with Gasteiger partial charge in [-0.2, -0.15) is 0 Å². The number of unbranched alkanes of at least 4 members (excludes halogenated alkanes) is 1. The molecule has 0 saturated heterocycles. The average Bonchev–Trinajstić information content (AvgIpc) is 2.42. The van der Waals surface area contributed by atoms with Gasteiger partial charge in [-0.3, -0.25) is 4.98 Å². The Hall–Kier alpha value is -1.96. The Morgan fingerprint density at radius 1 is 1.17 bits per heavy atom. The zero-order valence-electron chi connectivity index (χ0n) is 10.1. The van der Waals surface area contributed by atoms with Crippen LogP contribution in [-0.4, -0.2) is 4.98 Å². The maximum atomic E-state index is 13.0. The molecule has 2 aromatic rings. The van der Waals surface area contributed by atoms with Gasteiger partial charge in [0.1, 0.15) is 5.82 Å². The molecule has 1 aromatic heterocycles. The molecule has 1 nitrogen and oxygen atoms in total. The van der Waals surface area contributed by atoms with Crippen LogP contribution in [0.25, 0.3) is 5.57 Å². The molecule has 2 rings (SSSR count). The molecular weight excluding hydrogens is 225 g/mol. The minimum absolute atomic E-state index is 0.221. The monoisotopic (exact) mass is 240 g/mol. The van der Waals surface area contributed by atoms with Crippen LogP contribution in [0.2, 0.25) is 0 Å². The summed E-state index contributed by atoms with van der Waals surface area (Å²) < 4.78 is 13.0. The first kappa shape index (κ1) is 12.5. The Bertz CT molecular complexity index is 515. The summed E-state index contributed by atoms with van der Waals surface area (Å²) in [4.78, 5) is 4.13. The Morgan fingerprint density at radius 3 is 2.56 bits per heavy atom. The third-order valence-electron chi connectivity index (χ3n) is 2.68. The molecule has 0 saturated carbocycles. The van der Waals surface area contributed by atoms with E-state index in [4.69, 9.17) is 0 Å². The summed E-state index contributed by atoms with van der Waals surface area (Å²) in [5.74, 6) is -0.221. The highest BCUT2D eigenvalue weighted by molar-refractivity contribution is 5.79. The number of aromatic nitrogens is 1. The largest absolute Gasteiger partial charge is 0.264 e. The molecule has 0 atom stereocenters. The number of hydrogen-bond acceptors (Lipinski definition) is 1. The number of rotatable bonds is 4. The first-order chi connectivity index (χ1) is 8.81. The number of allylic oxidation sites excluding steroid dienone is 1. The molecule has 91 valence electrons. The molecule has 1 radical (unpaired) electrons. The van der Waals surface area contributed by atoms with E-state index in [2.05, 4.69) is 18.0 Å². The third kappa shape index (κ3) is 3.04. The normalized spacial score (nSPS) is 11.6. The number of halogens is 1. The Labute approximate surface area is 107 Å². The fourth-order valence-electron chi connectivity index (χ4n) is 1.80. The predicted octanol–water partition coefficient (Wildman–Crippen LogP) is 4.27. The molecule has 0 unspecified atom stereocenters. The standard InChI is InChI=1S/C16H15FN/c1-2-3-6-16(14-5-4-11-18-12-14)13-7-9-15(17)10-8-13/h4-12H,1-3H2/b16-6-. The number of benzene rings is 1. The van der Waals surface area contributed by atoms with E-state index < -0.39 is 0 Å². The number of pyridine rings is 1. The highest BCUT2D eigenvalue weighted by Gasteiger charge is 2.04. The molecule has 1 aromatic carbocycles. The molecule has 1 heterocycles. The molecule has 0 N–H and O–H groups in total. The minimum Gasteiger partial charge on any atom is -0.264 e. The van der Waals surface area contributed by atoms with Crippen LogP contribution >= 0.6 is 0 Å². The molecule has 0 aliphatic heterocycles. The molecule has 0 amide bonds. The van der Waals surface area contributed by atoms with Gasteiger partial charge in [-0.25, -0.2) is 4.39 Å². The molecule has 0 aliphatic rings. The van der Waals surface area contributed by atoms with Gasteiger partial charge in [0.2, 0.25) is 0 Å². The lowest BCUT2D eigenvalue weighted by molar-refractivity contribution is 0.627. The van der Waals surface area contributed by atoms with Crippen molar-refractivity contribution in [3.05, 3.63) is 78.7 Å². The van der Waals surface area contributed by atoms with E-state index in [0.29, 0.717) is 0 Å². The molecule has 18 heavy (non-hydrogen) atoms. The van der Waals surface area contributed by atoms with Gasteiger partial charge < -0.3 is 0 Å². The van der Waals surface area contributed by atoms with Gasteiger partial charge >= 0.3 is 0 Å². The molecule has 0 aliphatic carbocycles. The summed E-state index contributed by atoms with van der Waals surface area (Å²) in [6.45, 7) is 3.84. The van der Waals surface area contributed by atoms with Crippen LogP contribution in [0.1, 0.15) is 24.0 Å². The summed E-state index contributed by atoms with van der Waals surface area (Å²) in [6, 6.07) is 10.4. The first-order valence-electron chi connectivity index (χ1n) is 5.97. The average molecular weight is 240 g/mol. The van der Waals surface area contributed by atoms with Gasteiger partial charge in [0.25, 0.3) is 0 Å². The van der Waals surface area contributed by atoms with Crippen molar-refractivity contribution in [2.45, 2.75) is 12.8 Å². The van der Waals surface area contributed by atoms with Gasteiger partial charge in [0, 0.05) is 18.0 Å². The Morgan fingerprint density at radius 2 is 1.94 bits per heavy atom. The second-order valence-electron chi connectivity index (χ2n) is 4.01. The van der Waals surface area contributed by atoms with Crippen LogP contribution in [0.15, 0.2) is 54.9 Å². The van der Waals surface area contributed by atoms with Crippen molar-refractivity contribution in [3.8, 4) is 0 Å². The second kappa shape index (κ2) is 6.10. The van der Waals surface area contributed by atoms with Crippen molar-refractivity contribution in [1.82, 2.24) is 4.98 Å². The van der Waals surface area contributed by atoms with E-state index in [1.807, 2.05) is 18.3 Å². The van der Waals surface area contributed by atoms with Crippen molar-refractivity contribution < 1.29 is 4.39 Å². The van der Waals surface area contributed by atoms with Crippen LogP contribution in [-0.2, 0) is 0 Å². The summed E-state index contributed by atoms with van der Waals surface area (Å²) in [7, 11) is 0. The van der Waals surface area contributed by atoms with Crippen molar-refractivity contribution in [2.24, 2.45) is 0 Å². The van der Waals surface area contributed by atoms with E-state index in [9.17, 15) is 4.39 Å². The van der Waals surface area contributed by atoms with E-state index in [1.165, 1.54) is 12.1 Å². The van der Waals surface area contributed by atoms with Crippen molar-refractivity contribution in [3.63, 3.8) is 0 Å². The second-order valence-corrected chi connectivity index (χ2v) is 4.01. The molecule has 0 fully saturated rings. The lowest BCUT2D eigenvalue weighted by Crippen LogP contribution is -1.89. The SMILES string of the molecule is [CH2]CC/C=C(/c1ccc(F)cc1)c1cccnc1. The minimum atomic E-state index is -0.221. The molecular formula is C16H15FN. The Balaban J connectivity index is 2.40. The quantitative estimate of drug-likeness (QED) is 0.777. The highest BCUT2D eigenvalue weighted by Crippen LogP contribution is 2.23. The number of hydrogen-bond donors (Lipinski definition) is 0. The predicted molar refractivity (Wildman–Crippen MR) is 72.3 cm³/mol. The van der Waals surface area contributed by atoms with E-state index in [1.54, 1.807) is 18.3 Å². The molecule has 2 heteroatoms. The van der Waals surface area contributed by atoms with Crippen LogP contribution in [0.5, 0.6) is 0 Å². The summed E-state index contributed by atoms with van der Waals surface area (Å²) in [5.41, 5.74) is 3.11. The zero-order chi connectivity index (χ0) is 12.8. The first-order valence-corrected chi connectivity index (χ1v) is 5.97. The molecule has 0 spiro atoms. The van der Waals surface area contributed by atoms with Crippen molar-refractivity contribution in [2.75, 3.05) is 0 Å². The fourth-order valence-corrected chi connectivity index (χ4v) is 1.80. The van der Waals surface area contributed by atoms with E-state index in [0.717, 1.165) is 29.5 Å². The van der Waals surface area contributed by atoms with Crippen LogP contribution in [0.4, 0.5) is 4.39 Å². The van der Waals surface area contributed by atoms with Gasteiger partial charge in [-0.15, -0.1) is 0 Å². The lowest BCUT2D eigenvalue weighted by atomic mass is 9.98. The van der Waals surface area contributed by atoms with Crippen molar-refractivity contribution in [1.29, 1.82) is 0 Å². The topological polar surface area (TPSA) is 12.9 Å². The van der Waals surface area contributed by atoms with Gasteiger partial charge in [-0.1, -0.05) is 31.2 Å². The van der Waals surface area contributed by atoms with Gasteiger partial charge in [0.15, 0.2) is 0 Å². The van der Waals surface area contributed by atoms with Crippen LogP contribution in [0.3, 0.4) is 0 Å².